The van der Waals surface area contributed by atoms with Gasteiger partial charge in [0.1, 0.15) is 5.82 Å². The molecule has 0 spiro atoms. The first kappa shape index (κ1) is 15.3. The molecule has 5 heteroatoms. The summed E-state index contributed by atoms with van der Waals surface area (Å²) >= 11 is 0. The quantitative estimate of drug-likeness (QED) is 0.938. The Balaban J connectivity index is 1.84. The van der Waals surface area contributed by atoms with E-state index in [1.807, 2.05) is 31.2 Å². The van der Waals surface area contributed by atoms with Crippen molar-refractivity contribution in [2.45, 2.75) is 26.7 Å². The Morgan fingerprint density at radius 3 is 2.96 bits per heavy atom. The van der Waals surface area contributed by atoms with Crippen LogP contribution in [-0.2, 0) is 0 Å². The third-order valence-electron chi connectivity index (χ3n) is 4.05. The maximum absolute atomic E-state index is 9.00. The Labute approximate surface area is 137 Å². The zero-order chi connectivity index (χ0) is 16.2. The highest BCUT2D eigenvalue weighted by Crippen LogP contribution is 2.23. The van der Waals surface area contributed by atoms with Crippen molar-refractivity contribution in [2.75, 3.05) is 23.3 Å². The number of hydrogen-bond acceptors (Lipinski definition) is 5. The molecule has 0 amide bonds. The first-order chi connectivity index (χ1) is 11.1. The van der Waals surface area contributed by atoms with Crippen molar-refractivity contribution in [1.29, 1.82) is 5.26 Å². The third-order valence-corrected chi connectivity index (χ3v) is 4.05. The van der Waals surface area contributed by atoms with E-state index in [2.05, 4.69) is 33.2 Å². The van der Waals surface area contributed by atoms with E-state index in [0.29, 0.717) is 11.5 Å². The number of rotatable bonds is 3. The molecule has 1 aromatic heterocycles. The van der Waals surface area contributed by atoms with Crippen molar-refractivity contribution >= 4 is 17.5 Å². The zero-order valence-electron chi connectivity index (χ0n) is 13.6. The van der Waals surface area contributed by atoms with Crippen LogP contribution in [0.5, 0.6) is 0 Å². The van der Waals surface area contributed by atoms with E-state index in [0.717, 1.165) is 36.2 Å². The highest BCUT2D eigenvalue weighted by molar-refractivity contribution is 5.59. The van der Waals surface area contributed by atoms with Crippen LogP contribution in [0.1, 0.15) is 31.0 Å². The van der Waals surface area contributed by atoms with Crippen LogP contribution in [0.25, 0.3) is 0 Å². The molecule has 3 rings (SSSR count). The van der Waals surface area contributed by atoms with Crippen molar-refractivity contribution in [3.63, 3.8) is 0 Å². The Morgan fingerprint density at radius 1 is 1.30 bits per heavy atom. The number of aromatic nitrogens is 2. The molecule has 1 fully saturated rings. The number of benzene rings is 1. The number of hydrogen-bond donors (Lipinski definition) is 1. The van der Waals surface area contributed by atoms with Gasteiger partial charge >= 0.3 is 0 Å². The largest absolute Gasteiger partial charge is 0.340 e. The molecule has 5 nitrogen and oxygen atoms in total. The summed E-state index contributed by atoms with van der Waals surface area (Å²) < 4.78 is 0. The van der Waals surface area contributed by atoms with Crippen LogP contribution >= 0.6 is 0 Å². The number of nitrogens with zero attached hydrogens (tertiary/aromatic N) is 4. The molecule has 1 aromatic carbocycles. The van der Waals surface area contributed by atoms with Crippen molar-refractivity contribution < 1.29 is 0 Å². The van der Waals surface area contributed by atoms with E-state index in [1.165, 1.54) is 12.8 Å². The molecule has 1 aliphatic rings. The van der Waals surface area contributed by atoms with E-state index in [-0.39, 0.29) is 0 Å². The lowest BCUT2D eigenvalue weighted by Gasteiger charge is -2.31. The molecule has 0 aliphatic carbocycles. The van der Waals surface area contributed by atoms with Crippen LogP contribution in [0.2, 0.25) is 0 Å². The Hall–Kier alpha value is -2.61. The smallest absolute Gasteiger partial charge is 0.227 e. The van der Waals surface area contributed by atoms with Crippen molar-refractivity contribution in [2.24, 2.45) is 5.92 Å². The Morgan fingerprint density at radius 2 is 2.17 bits per heavy atom. The molecule has 1 saturated heterocycles. The number of nitrogens with one attached hydrogen (secondary N) is 1. The molecular formula is C18H21N5. The summed E-state index contributed by atoms with van der Waals surface area (Å²) in [5.74, 6) is 2.23. The Kier molecular flexibility index (Phi) is 4.42. The van der Waals surface area contributed by atoms with Gasteiger partial charge in [-0.1, -0.05) is 13.0 Å². The maximum atomic E-state index is 9.00. The lowest BCUT2D eigenvalue weighted by molar-refractivity contribution is 0.442. The number of piperidine rings is 1. The second-order valence-corrected chi connectivity index (χ2v) is 6.21. The van der Waals surface area contributed by atoms with Gasteiger partial charge in [0.05, 0.1) is 11.6 Å². The van der Waals surface area contributed by atoms with E-state index in [9.17, 15) is 0 Å². The summed E-state index contributed by atoms with van der Waals surface area (Å²) in [5.41, 5.74) is 2.43. The van der Waals surface area contributed by atoms with Gasteiger partial charge in [0, 0.05) is 30.5 Å². The van der Waals surface area contributed by atoms with Crippen LogP contribution < -0.4 is 10.2 Å². The maximum Gasteiger partial charge on any atom is 0.227 e. The fraction of sp³-hybridized carbons (Fsp3) is 0.389. The van der Waals surface area contributed by atoms with Gasteiger partial charge < -0.3 is 10.2 Å². The molecule has 23 heavy (non-hydrogen) atoms. The molecule has 2 heterocycles. The van der Waals surface area contributed by atoms with Crippen LogP contribution in [0, 0.1) is 24.2 Å². The average molecular weight is 307 g/mol. The van der Waals surface area contributed by atoms with Crippen molar-refractivity contribution in [3.8, 4) is 6.07 Å². The summed E-state index contributed by atoms with van der Waals surface area (Å²) in [7, 11) is 0. The molecule has 2 aromatic rings. The molecule has 0 saturated carbocycles. The minimum atomic E-state index is 0.630. The summed E-state index contributed by atoms with van der Waals surface area (Å²) in [4.78, 5) is 11.5. The highest BCUT2D eigenvalue weighted by atomic mass is 15.3. The van der Waals surface area contributed by atoms with Gasteiger partial charge in [-0.3, -0.25) is 0 Å². The van der Waals surface area contributed by atoms with E-state index >= 15 is 0 Å². The summed E-state index contributed by atoms with van der Waals surface area (Å²) in [6.07, 6.45) is 2.46. The summed E-state index contributed by atoms with van der Waals surface area (Å²) in [6, 6.07) is 11.5. The van der Waals surface area contributed by atoms with Gasteiger partial charge in [-0.25, -0.2) is 4.98 Å². The van der Waals surface area contributed by atoms with Gasteiger partial charge in [0.25, 0.3) is 0 Å². The highest BCUT2D eigenvalue weighted by Gasteiger charge is 2.19. The molecule has 1 aliphatic heterocycles. The van der Waals surface area contributed by atoms with Gasteiger partial charge in [0.2, 0.25) is 5.95 Å². The molecule has 1 N–H and O–H groups in total. The van der Waals surface area contributed by atoms with Crippen LogP contribution in [0.15, 0.2) is 30.3 Å². The van der Waals surface area contributed by atoms with Crippen LogP contribution in [0.3, 0.4) is 0 Å². The monoisotopic (exact) mass is 307 g/mol. The topological polar surface area (TPSA) is 64.8 Å². The van der Waals surface area contributed by atoms with Gasteiger partial charge in [-0.15, -0.1) is 0 Å². The summed E-state index contributed by atoms with van der Waals surface area (Å²) in [5, 5.41) is 12.3. The molecule has 1 atom stereocenters. The SMILES string of the molecule is Cc1cc(Nc2cccc(C#N)c2)nc(N2CCCC(C)C2)n1. The second-order valence-electron chi connectivity index (χ2n) is 6.21. The number of anilines is 3. The van der Waals surface area contributed by atoms with Gasteiger partial charge in [0.15, 0.2) is 0 Å². The van der Waals surface area contributed by atoms with Crippen LogP contribution in [0.4, 0.5) is 17.5 Å². The van der Waals surface area contributed by atoms with Crippen molar-refractivity contribution in [1.82, 2.24) is 9.97 Å². The molecular weight excluding hydrogens is 286 g/mol. The summed E-state index contributed by atoms with van der Waals surface area (Å²) in [6.45, 7) is 6.27. The zero-order valence-corrected chi connectivity index (χ0v) is 13.6. The lowest BCUT2D eigenvalue weighted by Crippen LogP contribution is -2.35. The molecule has 0 bridgehead atoms. The van der Waals surface area contributed by atoms with Crippen molar-refractivity contribution in [3.05, 3.63) is 41.6 Å². The number of nitriles is 1. The normalized spacial score (nSPS) is 17.6. The van der Waals surface area contributed by atoms with E-state index < -0.39 is 0 Å². The third kappa shape index (κ3) is 3.78. The Bertz CT molecular complexity index is 734. The first-order valence-electron chi connectivity index (χ1n) is 8.02. The average Bonchev–Trinajstić information content (AvgIpc) is 2.54. The lowest BCUT2D eigenvalue weighted by atomic mass is 10.0. The minimum Gasteiger partial charge on any atom is -0.340 e. The van der Waals surface area contributed by atoms with Gasteiger partial charge in [-0.05, 0) is 43.9 Å². The first-order valence-corrected chi connectivity index (χ1v) is 8.02. The van der Waals surface area contributed by atoms with Gasteiger partial charge in [-0.2, -0.15) is 10.2 Å². The standard InChI is InChI=1S/C18H21N5/c1-13-5-4-8-23(12-13)18-20-14(2)9-17(22-18)21-16-7-3-6-15(10-16)11-19/h3,6-7,9-10,13H,4-5,8,12H2,1-2H3,(H,20,21,22). The van der Waals surface area contributed by atoms with E-state index in [4.69, 9.17) is 5.26 Å². The fourth-order valence-electron chi connectivity index (χ4n) is 2.94. The molecule has 118 valence electrons. The number of aryl methyl sites for hydroxylation is 1. The minimum absolute atomic E-state index is 0.630. The van der Waals surface area contributed by atoms with E-state index in [1.54, 1.807) is 6.07 Å². The molecule has 1 unspecified atom stereocenters. The fourth-order valence-corrected chi connectivity index (χ4v) is 2.94. The molecule has 0 radical (unpaired) electrons. The van der Waals surface area contributed by atoms with Crippen LogP contribution in [-0.4, -0.2) is 23.1 Å². The second kappa shape index (κ2) is 6.66. The predicted octanol–water partition coefficient (Wildman–Crippen LogP) is 3.64. The predicted molar refractivity (Wildman–Crippen MR) is 91.8 cm³/mol.